The normalized spacial score (nSPS) is 10.9. The van der Waals surface area contributed by atoms with E-state index in [1.165, 1.54) is 22.7 Å². The van der Waals surface area contributed by atoms with Crippen LogP contribution in [0, 0.1) is 0 Å². The average Bonchev–Trinajstić information content (AvgIpc) is 3.31. The van der Waals surface area contributed by atoms with Gasteiger partial charge in [0.2, 0.25) is 0 Å². The summed E-state index contributed by atoms with van der Waals surface area (Å²) < 4.78 is 21.7. The highest BCUT2D eigenvalue weighted by Gasteiger charge is 2.27. The third kappa shape index (κ3) is 8.47. The summed E-state index contributed by atoms with van der Waals surface area (Å²) in [5, 5.41) is 7.74. The zero-order valence-corrected chi connectivity index (χ0v) is 22.2. The lowest BCUT2D eigenvalue weighted by molar-refractivity contribution is 0.0522. The Morgan fingerprint density at radius 1 is 0.788 bits per heavy atom. The fourth-order valence-electron chi connectivity index (χ4n) is 3.26. The summed E-state index contributed by atoms with van der Waals surface area (Å²) >= 11 is 2.76. The van der Waals surface area contributed by atoms with Gasteiger partial charge in [-0.25, -0.2) is 9.59 Å². The third-order valence-corrected chi connectivity index (χ3v) is 7.19. The van der Waals surface area contributed by atoms with Gasteiger partial charge in [0.1, 0.15) is 9.75 Å². The van der Waals surface area contributed by atoms with Crippen LogP contribution in [0.5, 0.6) is 0 Å². The van der Waals surface area contributed by atoms with Crippen LogP contribution in [0.25, 0.3) is 9.40 Å². The Bertz CT molecular complexity index is 805. The largest absolute Gasteiger partial charge is 0.462 e. The van der Waals surface area contributed by atoms with Crippen molar-refractivity contribution < 1.29 is 28.5 Å². The number of carbonyl (C=O) groups is 2. The van der Waals surface area contributed by atoms with Crippen LogP contribution in [-0.2, 0) is 32.0 Å². The Kier molecular flexibility index (Phi) is 14.8. The van der Waals surface area contributed by atoms with Crippen molar-refractivity contribution in [3.05, 3.63) is 20.9 Å². The summed E-state index contributed by atoms with van der Waals surface area (Å²) in [6, 6.07) is 0. The molecule has 0 spiro atoms. The Hall–Kier alpha value is -1.27. The molecule has 0 saturated carbocycles. The Labute approximate surface area is 209 Å². The van der Waals surface area contributed by atoms with Gasteiger partial charge in [-0.05, 0) is 39.8 Å². The van der Waals surface area contributed by atoms with Crippen LogP contribution in [-0.4, -0.2) is 65.7 Å². The van der Waals surface area contributed by atoms with E-state index in [1.54, 1.807) is 28.1 Å². The van der Waals surface area contributed by atoms with E-state index in [2.05, 4.69) is 10.6 Å². The predicted octanol–water partition coefficient (Wildman–Crippen LogP) is 3.99. The fraction of sp³-hybridized carbons (Fsp3) is 0.636. The number of nitrogens with one attached hydrogen (secondary N) is 2. The molecule has 8 nitrogen and oxygen atoms in total. The van der Waals surface area contributed by atoms with Gasteiger partial charge in [0, 0.05) is 57.0 Å². The highest BCUT2D eigenvalue weighted by Crippen LogP contribution is 2.42. The zero-order chi connectivity index (χ0) is 23.3. The van der Waals surface area contributed by atoms with E-state index < -0.39 is 0 Å². The molecule has 2 aromatic rings. The Balaban J connectivity index is 0.00000544. The summed E-state index contributed by atoms with van der Waals surface area (Å²) in [5.74, 6) is -0.655. The van der Waals surface area contributed by atoms with E-state index in [9.17, 15) is 9.59 Å². The number of fused-ring (bicyclic) bond motifs is 1. The quantitative estimate of drug-likeness (QED) is 0.252. The van der Waals surface area contributed by atoms with Crippen LogP contribution in [0.2, 0.25) is 0 Å². The first-order valence-corrected chi connectivity index (χ1v) is 12.5. The maximum absolute atomic E-state index is 12.7. The molecule has 2 N–H and O–H groups in total. The number of rotatable bonds is 16. The molecule has 0 atom stereocenters. The van der Waals surface area contributed by atoms with Gasteiger partial charge in [0.25, 0.3) is 0 Å². The molecule has 0 aliphatic heterocycles. The summed E-state index contributed by atoms with van der Waals surface area (Å²) in [6.45, 7) is 8.08. The van der Waals surface area contributed by atoms with E-state index in [1.807, 2.05) is 0 Å². The van der Waals surface area contributed by atoms with Crippen molar-refractivity contribution in [2.24, 2.45) is 0 Å². The number of methoxy groups -OCH3 is 2. The molecule has 0 aliphatic carbocycles. The second kappa shape index (κ2) is 16.4. The van der Waals surface area contributed by atoms with Crippen LogP contribution in [0.1, 0.15) is 57.2 Å². The second-order valence-electron chi connectivity index (χ2n) is 6.97. The van der Waals surface area contributed by atoms with Crippen molar-refractivity contribution in [3.63, 3.8) is 0 Å². The molecule has 188 valence electrons. The summed E-state index contributed by atoms with van der Waals surface area (Å²) in [7, 11) is 3.35. The molecule has 11 heteroatoms. The molecule has 2 rings (SSSR count). The van der Waals surface area contributed by atoms with Crippen LogP contribution >= 0.6 is 35.1 Å². The lowest BCUT2D eigenvalue weighted by atomic mass is 10.1. The first-order valence-electron chi connectivity index (χ1n) is 10.9. The Morgan fingerprint density at radius 2 is 1.21 bits per heavy atom. The first kappa shape index (κ1) is 29.8. The number of thiophene rings is 2. The monoisotopic (exact) mass is 522 g/mol. The van der Waals surface area contributed by atoms with E-state index >= 15 is 0 Å². The minimum absolute atomic E-state index is 0. The molecular formula is C22H35ClN2O6S2. The van der Waals surface area contributed by atoms with Gasteiger partial charge in [0.15, 0.2) is 0 Å². The first-order chi connectivity index (χ1) is 15.6. The standard InChI is InChI=1S/C22H34N2O6S2.ClH/c1-5-29-20(25)18-15(13-23-9-7-11-27-3)17-16(14-24-10-8-12-28-4)19(21(26)30-6-2)32-22(17)31-18;/h23-24H,5-14H2,1-4H3;1H. The van der Waals surface area contributed by atoms with Gasteiger partial charge >= 0.3 is 11.9 Å². The molecule has 0 fully saturated rings. The molecule has 33 heavy (non-hydrogen) atoms. The van der Waals surface area contributed by atoms with Gasteiger partial charge in [0.05, 0.1) is 17.2 Å². The molecule has 0 aliphatic rings. The van der Waals surface area contributed by atoms with Crippen LogP contribution in [0.15, 0.2) is 0 Å². The average molecular weight is 523 g/mol. The van der Waals surface area contributed by atoms with Crippen LogP contribution < -0.4 is 10.6 Å². The maximum atomic E-state index is 12.7. The highest BCUT2D eigenvalue weighted by molar-refractivity contribution is 7.40. The number of esters is 2. The smallest absolute Gasteiger partial charge is 0.348 e. The van der Waals surface area contributed by atoms with Gasteiger partial charge < -0.3 is 29.6 Å². The maximum Gasteiger partial charge on any atom is 0.348 e. The lowest BCUT2D eigenvalue weighted by Gasteiger charge is -2.10. The molecule has 2 heterocycles. The lowest BCUT2D eigenvalue weighted by Crippen LogP contribution is -2.20. The highest BCUT2D eigenvalue weighted by atomic mass is 35.5. The molecule has 0 saturated heterocycles. The number of ether oxygens (including phenoxy) is 4. The van der Waals surface area contributed by atoms with Crippen molar-refractivity contribution in [2.75, 3.05) is 53.7 Å². The molecule has 0 radical (unpaired) electrons. The molecule has 0 amide bonds. The minimum atomic E-state index is -0.328. The Morgan fingerprint density at radius 3 is 1.58 bits per heavy atom. The van der Waals surface area contributed by atoms with Gasteiger partial charge in [-0.2, -0.15) is 0 Å². The van der Waals surface area contributed by atoms with E-state index in [4.69, 9.17) is 18.9 Å². The molecule has 0 aromatic carbocycles. The van der Waals surface area contributed by atoms with Gasteiger partial charge in [-0.1, -0.05) is 0 Å². The summed E-state index contributed by atoms with van der Waals surface area (Å²) in [5.41, 5.74) is 1.75. The fourth-order valence-corrected chi connectivity index (χ4v) is 5.87. The van der Waals surface area contributed by atoms with E-state index in [0.717, 1.165) is 46.5 Å². The second-order valence-corrected chi connectivity index (χ2v) is 9.27. The van der Waals surface area contributed by atoms with E-state index in [0.29, 0.717) is 49.3 Å². The van der Waals surface area contributed by atoms with Crippen LogP contribution in [0.4, 0.5) is 0 Å². The molecule has 0 unspecified atom stereocenters. The zero-order valence-electron chi connectivity index (χ0n) is 19.7. The third-order valence-electron chi connectivity index (χ3n) is 4.67. The van der Waals surface area contributed by atoms with E-state index in [-0.39, 0.29) is 24.3 Å². The molecular weight excluding hydrogens is 488 g/mol. The number of hydrogen-bond acceptors (Lipinski definition) is 10. The van der Waals surface area contributed by atoms with Crippen LogP contribution in [0.3, 0.4) is 0 Å². The molecule has 0 bridgehead atoms. The van der Waals surface area contributed by atoms with Crippen molar-refractivity contribution in [2.45, 2.75) is 39.8 Å². The predicted molar refractivity (Wildman–Crippen MR) is 135 cm³/mol. The number of halogens is 1. The number of hydrogen-bond donors (Lipinski definition) is 2. The van der Waals surface area contributed by atoms with Crippen molar-refractivity contribution in [1.82, 2.24) is 10.6 Å². The SMILES string of the molecule is CCOC(=O)c1sc2sc(C(=O)OCC)c(CNCCCOC)c2c1CNCCCOC.Cl. The number of carbonyl (C=O) groups excluding carboxylic acids is 2. The summed E-state index contributed by atoms with van der Waals surface area (Å²) in [4.78, 5) is 26.5. The van der Waals surface area contributed by atoms with Gasteiger partial charge in [-0.3, -0.25) is 0 Å². The van der Waals surface area contributed by atoms with Crippen molar-refractivity contribution in [1.29, 1.82) is 0 Å². The molecule has 2 aromatic heterocycles. The van der Waals surface area contributed by atoms with Gasteiger partial charge in [-0.15, -0.1) is 35.1 Å². The topological polar surface area (TPSA) is 95.1 Å². The van der Waals surface area contributed by atoms with Crippen molar-refractivity contribution >= 4 is 56.4 Å². The van der Waals surface area contributed by atoms with Crippen molar-refractivity contribution in [3.8, 4) is 0 Å². The minimum Gasteiger partial charge on any atom is -0.462 e. The summed E-state index contributed by atoms with van der Waals surface area (Å²) in [6.07, 6.45) is 1.73.